The molecule has 3 rings (SSSR count). The highest BCUT2D eigenvalue weighted by atomic mass is 79.9. The van der Waals surface area contributed by atoms with Gasteiger partial charge in [-0.2, -0.15) is 0 Å². The molecule has 0 aliphatic carbocycles. The number of thiazole rings is 1. The number of benzene rings is 1. The van der Waals surface area contributed by atoms with Crippen LogP contribution in [0.3, 0.4) is 0 Å². The summed E-state index contributed by atoms with van der Waals surface area (Å²) in [4.78, 5) is 17.7. The van der Waals surface area contributed by atoms with Crippen LogP contribution >= 0.6 is 38.6 Å². The molecule has 1 amide bonds. The van der Waals surface area contributed by atoms with Gasteiger partial charge in [-0.05, 0) is 46.1 Å². The van der Waals surface area contributed by atoms with Crippen LogP contribution in [-0.2, 0) is 16.4 Å². The Labute approximate surface area is 167 Å². The lowest BCUT2D eigenvalue weighted by Gasteiger charge is -2.04. The summed E-state index contributed by atoms with van der Waals surface area (Å²) in [5.74, 6) is -0.232. The molecule has 1 aromatic carbocycles. The van der Waals surface area contributed by atoms with E-state index in [-0.39, 0.29) is 10.8 Å². The smallest absolute Gasteiger partial charge is 0.270 e. The van der Waals surface area contributed by atoms with Gasteiger partial charge in [0.15, 0.2) is 0 Å². The minimum absolute atomic E-state index is 0.0699. The highest BCUT2D eigenvalue weighted by molar-refractivity contribution is 9.10. The lowest BCUT2D eigenvalue weighted by atomic mass is 10.1. The fourth-order valence-corrected chi connectivity index (χ4v) is 5.00. The van der Waals surface area contributed by atoms with Crippen molar-refractivity contribution in [1.82, 2.24) is 10.3 Å². The van der Waals surface area contributed by atoms with Crippen LogP contribution in [-0.4, -0.2) is 25.9 Å². The van der Waals surface area contributed by atoms with Crippen LogP contribution in [0.25, 0.3) is 9.88 Å². The van der Waals surface area contributed by atoms with Crippen molar-refractivity contribution < 1.29 is 13.2 Å². The number of sulfonamides is 1. The fraction of sp³-hybridized carbons (Fsp3) is 0.125. The predicted molar refractivity (Wildman–Crippen MR) is 107 cm³/mol. The number of carbonyl (C=O) groups is 1. The summed E-state index contributed by atoms with van der Waals surface area (Å²) < 4.78 is 23.4. The lowest BCUT2D eigenvalue weighted by Crippen LogP contribution is -2.26. The predicted octanol–water partition coefficient (Wildman–Crippen LogP) is 3.25. The van der Waals surface area contributed by atoms with E-state index in [9.17, 15) is 13.2 Å². The van der Waals surface area contributed by atoms with Gasteiger partial charge in [0.25, 0.3) is 5.91 Å². The van der Waals surface area contributed by atoms with Crippen LogP contribution in [0.4, 0.5) is 0 Å². The van der Waals surface area contributed by atoms with Gasteiger partial charge in [-0.3, -0.25) is 4.79 Å². The Hall–Kier alpha value is -1.59. The largest absolute Gasteiger partial charge is 0.350 e. The average Bonchev–Trinajstić information content (AvgIpc) is 3.23. The van der Waals surface area contributed by atoms with Gasteiger partial charge in [0.2, 0.25) is 10.0 Å². The molecule has 6 nitrogen and oxygen atoms in total. The molecule has 2 heterocycles. The van der Waals surface area contributed by atoms with Gasteiger partial charge >= 0.3 is 0 Å². The number of amides is 1. The maximum atomic E-state index is 12.2. The molecular formula is C16H14BrN3O3S3. The first-order chi connectivity index (χ1) is 12.3. The zero-order chi connectivity index (χ0) is 18.7. The zero-order valence-electron chi connectivity index (χ0n) is 13.3. The topological polar surface area (TPSA) is 102 Å². The summed E-state index contributed by atoms with van der Waals surface area (Å²) in [6, 6.07) is 8.25. The minimum atomic E-state index is -3.69. The molecule has 0 saturated heterocycles. The molecule has 0 saturated carbocycles. The Kier molecular flexibility index (Phi) is 5.88. The number of hydrogen-bond donors (Lipinski definition) is 2. The summed E-state index contributed by atoms with van der Waals surface area (Å²) in [6.45, 7) is 0.422. The van der Waals surface area contributed by atoms with Crippen LogP contribution in [0, 0.1) is 0 Å². The molecule has 0 aliphatic rings. The van der Waals surface area contributed by atoms with E-state index in [2.05, 4.69) is 26.2 Å². The quantitative estimate of drug-likeness (QED) is 0.575. The van der Waals surface area contributed by atoms with Gasteiger partial charge in [0.05, 0.1) is 9.77 Å². The Morgan fingerprint density at radius 1 is 1.19 bits per heavy atom. The first-order valence-electron chi connectivity index (χ1n) is 7.43. The van der Waals surface area contributed by atoms with Crippen molar-refractivity contribution in [3.63, 3.8) is 0 Å². The van der Waals surface area contributed by atoms with Crippen LogP contribution < -0.4 is 10.5 Å². The van der Waals surface area contributed by atoms with E-state index in [0.717, 1.165) is 19.9 Å². The van der Waals surface area contributed by atoms with E-state index < -0.39 is 10.0 Å². The van der Waals surface area contributed by atoms with Gasteiger partial charge in [0, 0.05) is 21.8 Å². The SMILES string of the molecule is NS(=O)(=O)c1ccc(CCNC(=O)c2csc(-c3cc(Br)cs3)n2)cc1. The van der Waals surface area contributed by atoms with Crippen LogP contribution in [0.15, 0.2) is 50.5 Å². The first-order valence-corrected chi connectivity index (χ1v) is 11.5. The van der Waals surface area contributed by atoms with Crippen LogP contribution in [0.2, 0.25) is 0 Å². The molecule has 3 N–H and O–H groups in total. The Morgan fingerprint density at radius 2 is 1.92 bits per heavy atom. The number of nitrogens with zero attached hydrogens (tertiary/aromatic N) is 1. The van der Waals surface area contributed by atoms with E-state index in [0.29, 0.717) is 18.7 Å². The third kappa shape index (κ3) is 4.77. The third-order valence-corrected chi connectivity index (χ3v) is 7.10. The molecule has 0 unspecified atom stereocenters. The molecule has 0 radical (unpaired) electrons. The molecule has 26 heavy (non-hydrogen) atoms. The summed E-state index contributed by atoms with van der Waals surface area (Å²) in [5.41, 5.74) is 1.29. The van der Waals surface area contributed by atoms with Gasteiger partial charge in [0.1, 0.15) is 10.7 Å². The third-order valence-electron chi connectivity index (χ3n) is 3.47. The van der Waals surface area contributed by atoms with E-state index in [1.165, 1.54) is 23.5 Å². The summed E-state index contributed by atoms with van der Waals surface area (Å²) in [7, 11) is -3.69. The van der Waals surface area contributed by atoms with Crippen molar-refractivity contribution in [2.45, 2.75) is 11.3 Å². The molecule has 3 aromatic rings. The van der Waals surface area contributed by atoms with E-state index in [1.54, 1.807) is 28.8 Å². The number of rotatable bonds is 6. The van der Waals surface area contributed by atoms with Gasteiger partial charge < -0.3 is 5.32 Å². The van der Waals surface area contributed by atoms with E-state index in [4.69, 9.17) is 5.14 Å². The second-order valence-electron chi connectivity index (χ2n) is 5.36. The number of nitrogens with two attached hydrogens (primary N) is 1. The molecular weight excluding hydrogens is 458 g/mol. The maximum absolute atomic E-state index is 12.2. The van der Waals surface area contributed by atoms with Gasteiger partial charge in [-0.15, -0.1) is 22.7 Å². The second-order valence-corrected chi connectivity index (χ2v) is 9.61. The van der Waals surface area contributed by atoms with Crippen LogP contribution in [0.1, 0.15) is 16.1 Å². The second kappa shape index (κ2) is 7.97. The monoisotopic (exact) mass is 471 g/mol. The Morgan fingerprint density at radius 3 is 2.54 bits per heavy atom. The number of thiophene rings is 1. The number of nitrogens with one attached hydrogen (secondary N) is 1. The van der Waals surface area contributed by atoms with Crippen molar-refractivity contribution in [3.8, 4) is 9.88 Å². The normalized spacial score (nSPS) is 11.5. The van der Waals surface area contributed by atoms with Gasteiger partial charge in [-0.1, -0.05) is 12.1 Å². The first kappa shape index (κ1) is 19.2. The fourth-order valence-electron chi connectivity index (χ4n) is 2.17. The number of hydrogen-bond acceptors (Lipinski definition) is 6. The minimum Gasteiger partial charge on any atom is -0.350 e. The highest BCUT2D eigenvalue weighted by Crippen LogP contribution is 2.31. The molecule has 136 valence electrons. The molecule has 0 fully saturated rings. The molecule has 10 heteroatoms. The standard InChI is InChI=1S/C16H14BrN3O3S3/c17-11-7-14(24-8-11)16-20-13(9-25-16)15(21)19-6-5-10-1-3-12(4-2-10)26(18,22)23/h1-4,7-9H,5-6H2,(H,19,21)(H2,18,22,23). The zero-order valence-corrected chi connectivity index (χ0v) is 17.3. The van der Waals surface area contributed by atoms with Gasteiger partial charge in [-0.25, -0.2) is 18.5 Å². The average molecular weight is 472 g/mol. The Balaban J connectivity index is 1.55. The number of primary sulfonamides is 1. The van der Waals surface area contributed by atoms with Crippen molar-refractivity contribution in [2.75, 3.05) is 6.54 Å². The van der Waals surface area contributed by atoms with Crippen molar-refractivity contribution in [3.05, 3.63) is 56.8 Å². The van der Waals surface area contributed by atoms with E-state index in [1.807, 2.05) is 11.4 Å². The summed E-state index contributed by atoms with van der Waals surface area (Å²) >= 11 is 6.39. The number of aromatic nitrogens is 1. The van der Waals surface area contributed by atoms with Crippen molar-refractivity contribution in [2.24, 2.45) is 5.14 Å². The summed E-state index contributed by atoms with van der Waals surface area (Å²) in [6.07, 6.45) is 0.575. The number of halogens is 1. The molecule has 0 aliphatic heterocycles. The molecule has 0 spiro atoms. The number of carbonyl (C=O) groups excluding carboxylic acids is 1. The van der Waals surface area contributed by atoms with Crippen molar-refractivity contribution in [1.29, 1.82) is 0 Å². The highest BCUT2D eigenvalue weighted by Gasteiger charge is 2.13. The lowest BCUT2D eigenvalue weighted by molar-refractivity contribution is 0.0950. The Bertz CT molecular complexity index is 1030. The van der Waals surface area contributed by atoms with Crippen molar-refractivity contribution >= 4 is 54.5 Å². The van der Waals surface area contributed by atoms with Crippen LogP contribution in [0.5, 0.6) is 0 Å². The van der Waals surface area contributed by atoms with E-state index >= 15 is 0 Å². The summed E-state index contributed by atoms with van der Waals surface area (Å²) in [5, 5.41) is 12.4. The molecule has 0 atom stereocenters. The molecule has 0 bridgehead atoms. The maximum Gasteiger partial charge on any atom is 0.270 e. The molecule has 2 aromatic heterocycles.